The van der Waals surface area contributed by atoms with Gasteiger partial charge in [-0.1, -0.05) is 6.42 Å². The zero-order valence-electron chi connectivity index (χ0n) is 12.9. The number of piperidine rings is 2. The van der Waals surface area contributed by atoms with Crippen molar-refractivity contribution in [3.8, 4) is 0 Å². The largest absolute Gasteiger partial charge is 0.310 e. The van der Waals surface area contributed by atoms with Crippen LogP contribution >= 0.6 is 0 Å². The van der Waals surface area contributed by atoms with E-state index in [1.54, 1.807) is 0 Å². The third kappa shape index (κ3) is 3.24. The summed E-state index contributed by atoms with van der Waals surface area (Å²) in [5.74, 6) is 0. The molecule has 7 nitrogen and oxygen atoms in total. The van der Waals surface area contributed by atoms with Gasteiger partial charge in [-0.05, 0) is 44.4 Å². The summed E-state index contributed by atoms with van der Waals surface area (Å²) in [5, 5.41) is 14.2. The Morgan fingerprint density at radius 2 is 1.83 bits per heavy atom. The highest BCUT2D eigenvalue weighted by atomic mass is 32.2. The fourth-order valence-electron chi connectivity index (χ4n) is 3.56. The molecule has 1 N–H and O–H groups in total. The molecule has 2 aliphatic heterocycles. The van der Waals surface area contributed by atoms with Crippen molar-refractivity contribution in [1.82, 2.24) is 9.62 Å². The molecule has 0 radical (unpaired) electrons. The number of nitrogens with one attached hydrogen (secondary N) is 1. The minimum Gasteiger partial charge on any atom is -0.310 e. The molecule has 0 amide bonds. The Labute approximate surface area is 135 Å². The number of non-ortho nitro benzene ring substituents is 1. The van der Waals surface area contributed by atoms with Crippen LogP contribution in [0.1, 0.15) is 32.1 Å². The highest BCUT2D eigenvalue weighted by Crippen LogP contribution is 2.32. The summed E-state index contributed by atoms with van der Waals surface area (Å²) < 4.78 is 27.2. The Morgan fingerprint density at radius 1 is 1.13 bits per heavy atom. The SMILES string of the molecule is O=[N+]([O-])c1ccc(S(=O)(=O)N2CCCC3(CCCCN3)C2)cc1. The maximum Gasteiger partial charge on any atom is 0.269 e. The number of benzene rings is 1. The maximum atomic E-state index is 12.8. The first-order valence-electron chi connectivity index (χ1n) is 7.93. The van der Waals surface area contributed by atoms with Gasteiger partial charge in [-0.15, -0.1) is 0 Å². The summed E-state index contributed by atoms with van der Waals surface area (Å²) in [4.78, 5) is 10.3. The van der Waals surface area contributed by atoms with Gasteiger partial charge in [0.2, 0.25) is 10.0 Å². The van der Waals surface area contributed by atoms with Crippen molar-refractivity contribution in [3.63, 3.8) is 0 Å². The summed E-state index contributed by atoms with van der Waals surface area (Å²) in [7, 11) is -3.61. The Hall–Kier alpha value is -1.51. The zero-order valence-corrected chi connectivity index (χ0v) is 13.7. The van der Waals surface area contributed by atoms with E-state index in [1.807, 2.05) is 0 Å². The third-order valence-electron chi connectivity index (χ3n) is 4.81. The number of nitro benzene ring substituents is 1. The van der Waals surface area contributed by atoms with E-state index in [4.69, 9.17) is 0 Å². The molecule has 0 bridgehead atoms. The van der Waals surface area contributed by atoms with Gasteiger partial charge in [0.25, 0.3) is 5.69 Å². The van der Waals surface area contributed by atoms with Gasteiger partial charge in [-0.25, -0.2) is 8.42 Å². The molecule has 126 valence electrons. The predicted octanol–water partition coefficient (Wildman–Crippen LogP) is 1.89. The van der Waals surface area contributed by atoms with Gasteiger partial charge < -0.3 is 5.32 Å². The standard InChI is InChI=1S/C15H21N3O4S/c19-18(20)13-4-6-14(7-5-13)23(21,22)17-11-3-9-15(12-17)8-1-2-10-16-15/h4-7,16H,1-3,8-12H2. The number of rotatable bonds is 3. The van der Waals surface area contributed by atoms with Gasteiger partial charge in [0.05, 0.1) is 9.82 Å². The first-order chi connectivity index (χ1) is 10.9. The van der Waals surface area contributed by atoms with Crippen LogP contribution in [-0.4, -0.2) is 42.8 Å². The van der Waals surface area contributed by atoms with Crippen LogP contribution in [-0.2, 0) is 10.0 Å². The van der Waals surface area contributed by atoms with Crippen molar-refractivity contribution in [2.75, 3.05) is 19.6 Å². The van der Waals surface area contributed by atoms with E-state index in [9.17, 15) is 18.5 Å². The fraction of sp³-hybridized carbons (Fsp3) is 0.600. The van der Waals surface area contributed by atoms with Gasteiger partial charge in [0.1, 0.15) is 0 Å². The average molecular weight is 339 g/mol. The highest BCUT2D eigenvalue weighted by molar-refractivity contribution is 7.89. The monoisotopic (exact) mass is 339 g/mol. The molecular formula is C15H21N3O4S. The fourth-order valence-corrected chi connectivity index (χ4v) is 5.13. The van der Waals surface area contributed by atoms with E-state index in [0.29, 0.717) is 13.1 Å². The molecule has 1 aromatic carbocycles. The van der Waals surface area contributed by atoms with Crippen molar-refractivity contribution >= 4 is 15.7 Å². The molecule has 2 heterocycles. The normalized spacial score (nSPS) is 26.3. The second-order valence-corrected chi connectivity index (χ2v) is 8.30. The number of hydrogen-bond donors (Lipinski definition) is 1. The Kier molecular flexibility index (Phi) is 4.39. The molecule has 1 atom stereocenters. The summed E-state index contributed by atoms with van der Waals surface area (Å²) >= 11 is 0. The van der Waals surface area contributed by atoms with Crippen LogP contribution in [0, 0.1) is 10.1 Å². The third-order valence-corrected chi connectivity index (χ3v) is 6.67. The van der Waals surface area contributed by atoms with E-state index >= 15 is 0 Å². The molecule has 0 aromatic heterocycles. The van der Waals surface area contributed by atoms with Crippen molar-refractivity contribution in [2.24, 2.45) is 0 Å². The van der Waals surface area contributed by atoms with Gasteiger partial charge in [-0.2, -0.15) is 4.31 Å². The van der Waals surface area contributed by atoms with E-state index in [-0.39, 0.29) is 16.1 Å². The molecular weight excluding hydrogens is 318 g/mol. The van der Waals surface area contributed by atoms with Crippen molar-refractivity contribution in [2.45, 2.75) is 42.5 Å². The lowest BCUT2D eigenvalue weighted by molar-refractivity contribution is -0.384. The Bertz CT molecular complexity index is 676. The molecule has 2 fully saturated rings. The highest BCUT2D eigenvalue weighted by Gasteiger charge is 2.40. The molecule has 2 saturated heterocycles. The lowest BCUT2D eigenvalue weighted by atomic mass is 9.82. The average Bonchev–Trinajstić information content (AvgIpc) is 2.55. The van der Waals surface area contributed by atoms with Crippen LogP contribution < -0.4 is 5.32 Å². The summed E-state index contributed by atoms with van der Waals surface area (Å²) in [6, 6.07) is 5.13. The first kappa shape index (κ1) is 16.4. The number of nitro groups is 1. The van der Waals surface area contributed by atoms with Gasteiger partial charge in [0, 0.05) is 30.8 Å². The molecule has 1 aromatic rings. The zero-order chi connectivity index (χ0) is 16.5. The smallest absolute Gasteiger partial charge is 0.269 e. The van der Waals surface area contributed by atoms with Crippen LogP contribution in [0.5, 0.6) is 0 Å². The number of hydrogen-bond acceptors (Lipinski definition) is 5. The lowest BCUT2D eigenvalue weighted by Crippen LogP contribution is -2.59. The van der Waals surface area contributed by atoms with Crippen LogP contribution in [0.15, 0.2) is 29.2 Å². The van der Waals surface area contributed by atoms with Gasteiger partial charge >= 0.3 is 0 Å². The summed E-state index contributed by atoms with van der Waals surface area (Å²) in [6.45, 7) is 1.92. The van der Waals surface area contributed by atoms with E-state index in [1.165, 1.54) is 28.6 Å². The molecule has 0 aliphatic carbocycles. The quantitative estimate of drug-likeness (QED) is 0.670. The predicted molar refractivity (Wildman–Crippen MR) is 85.7 cm³/mol. The maximum absolute atomic E-state index is 12.8. The molecule has 0 saturated carbocycles. The molecule has 23 heavy (non-hydrogen) atoms. The Morgan fingerprint density at radius 3 is 2.43 bits per heavy atom. The number of sulfonamides is 1. The summed E-state index contributed by atoms with van der Waals surface area (Å²) in [6.07, 6.45) is 5.09. The molecule has 1 unspecified atom stereocenters. The van der Waals surface area contributed by atoms with Crippen LogP contribution in [0.25, 0.3) is 0 Å². The molecule has 8 heteroatoms. The van der Waals surface area contributed by atoms with E-state index in [2.05, 4.69) is 5.32 Å². The second-order valence-electron chi connectivity index (χ2n) is 6.36. The van der Waals surface area contributed by atoms with Gasteiger partial charge in [0.15, 0.2) is 0 Å². The minimum atomic E-state index is -3.61. The van der Waals surface area contributed by atoms with Crippen LogP contribution in [0.2, 0.25) is 0 Å². The van der Waals surface area contributed by atoms with Crippen molar-refractivity contribution < 1.29 is 13.3 Å². The second kappa shape index (κ2) is 6.18. The van der Waals surface area contributed by atoms with E-state index in [0.717, 1.165) is 38.6 Å². The van der Waals surface area contributed by atoms with Crippen molar-refractivity contribution in [3.05, 3.63) is 34.4 Å². The lowest BCUT2D eigenvalue weighted by Gasteiger charge is -2.45. The van der Waals surface area contributed by atoms with Crippen LogP contribution in [0.4, 0.5) is 5.69 Å². The van der Waals surface area contributed by atoms with Crippen molar-refractivity contribution in [1.29, 1.82) is 0 Å². The number of nitrogens with zero attached hydrogens (tertiary/aromatic N) is 2. The minimum absolute atomic E-state index is 0.104. The van der Waals surface area contributed by atoms with E-state index < -0.39 is 14.9 Å². The van der Waals surface area contributed by atoms with Gasteiger partial charge in [-0.3, -0.25) is 10.1 Å². The molecule has 2 aliphatic rings. The van der Waals surface area contributed by atoms with Crippen LogP contribution in [0.3, 0.4) is 0 Å². The molecule has 3 rings (SSSR count). The Balaban J connectivity index is 1.82. The summed E-state index contributed by atoms with van der Waals surface area (Å²) in [5.41, 5.74) is -0.210. The first-order valence-corrected chi connectivity index (χ1v) is 9.37. The topological polar surface area (TPSA) is 92.5 Å². The molecule has 1 spiro atoms.